The van der Waals surface area contributed by atoms with Crippen molar-refractivity contribution in [3.63, 3.8) is 0 Å². The van der Waals surface area contributed by atoms with E-state index in [0.29, 0.717) is 13.0 Å². The number of amides is 1. The van der Waals surface area contributed by atoms with Gasteiger partial charge in [-0.25, -0.2) is 9.97 Å². The van der Waals surface area contributed by atoms with Gasteiger partial charge in [-0.15, -0.1) is 0 Å². The molecule has 4 rings (SSSR count). The fourth-order valence-corrected chi connectivity index (χ4v) is 4.27. The van der Waals surface area contributed by atoms with Gasteiger partial charge in [0.05, 0.1) is 5.41 Å². The van der Waals surface area contributed by atoms with Crippen LogP contribution in [-0.2, 0) is 24.2 Å². The monoisotopic (exact) mass is 400 g/mol. The molecule has 2 aromatic carbocycles. The zero-order chi connectivity index (χ0) is 21.0. The number of rotatable bonds is 7. The molecule has 0 bridgehead atoms. The predicted molar refractivity (Wildman–Crippen MR) is 119 cm³/mol. The minimum absolute atomic E-state index is 0.213. The van der Waals surface area contributed by atoms with Crippen LogP contribution in [0.2, 0.25) is 0 Å². The number of likely N-dealkylation sites (tertiary alicyclic amines) is 1. The van der Waals surface area contributed by atoms with Crippen molar-refractivity contribution in [2.75, 3.05) is 13.1 Å². The molecule has 0 spiro atoms. The Bertz CT molecular complexity index is 986. The van der Waals surface area contributed by atoms with Crippen molar-refractivity contribution in [3.05, 3.63) is 83.9 Å². The highest BCUT2D eigenvalue weighted by Gasteiger charge is 2.43. The lowest BCUT2D eigenvalue weighted by Crippen LogP contribution is -2.41. The van der Waals surface area contributed by atoms with Gasteiger partial charge in [0.2, 0.25) is 5.91 Å². The van der Waals surface area contributed by atoms with E-state index < -0.39 is 5.41 Å². The number of primary amides is 1. The lowest BCUT2D eigenvalue weighted by atomic mass is 9.80. The van der Waals surface area contributed by atoms with Crippen LogP contribution < -0.4 is 5.73 Å². The maximum atomic E-state index is 12.5. The third-order valence-electron chi connectivity index (χ3n) is 6.04. The van der Waals surface area contributed by atoms with Crippen molar-refractivity contribution in [2.24, 2.45) is 11.1 Å². The predicted octanol–water partition coefficient (Wildman–Crippen LogP) is 3.63. The molecular weight excluding hydrogens is 372 g/mol. The maximum Gasteiger partial charge on any atom is 0.225 e. The lowest BCUT2D eigenvalue weighted by molar-refractivity contribution is -0.127. The SMILES string of the molecule is CCc1ncc(CN2CCC(Cc3ccc(-c4ccccc4)cc3)(C(N)=O)C2)cn1. The van der Waals surface area contributed by atoms with Gasteiger partial charge in [0, 0.05) is 37.5 Å². The summed E-state index contributed by atoms with van der Waals surface area (Å²) in [6, 6.07) is 18.8. The van der Waals surface area contributed by atoms with Crippen LogP contribution in [0, 0.1) is 5.41 Å². The molecule has 0 saturated carbocycles. The second-order valence-corrected chi connectivity index (χ2v) is 8.21. The van der Waals surface area contributed by atoms with E-state index in [9.17, 15) is 4.79 Å². The maximum absolute atomic E-state index is 12.5. The number of aryl methyl sites for hydroxylation is 1. The number of benzene rings is 2. The summed E-state index contributed by atoms with van der Waals surface area (Å²) in [5.41, 5.74) is 9.96. The van der Waals surface area contributed by atoms with E-state index in [1.165, 1.54) is 11.1 Å². The number of hydrogen-bond acceptors (Lipinski definition) is 4. The zero-order valence-electron chi connectivity index (χ0n) is 17.4. The number of nitrogens with zero attached hydrogens (tertiary/aromatic N) is 3. The van der Waals surface area contributed by atoms with Gasteiger partial charge in [0.1, 0.15) is 5.82 Å². The molecule has 0 aliphatic carbocycles. The van der Waals surface area contributed by atoms with Crippen molar-refractivity contribution in [3.8, 4) is 11.1 Å². The Morgan fingerprint density at radius 1 is 1.00 bits per heavy atom. The van der Waals surface area contributed by atoms with Gasteiger partial charge >= 0.3 is 0 Å². The smallest absolute Gasteiger partial charge is 0.225 e. The topological polar surface area (TPSA) is 72.1 Å². The fraction of sp³-hybridized carbons (Fsp3) is 0.320. The highest BCUT2D eigenvalue weighted by molar-refractivity contribution is 5.82. The van der Waals surface area contributed by atoms with E-state index in [1.54, 1.807) is 0 Å². The van der Waals surface area contributed by atoms with Crippen molar-refractivity contribution in [1.82, 2.24) is 14.9 Å². The Balaban J connectivity index is 1.45. The Labute approximate surface area is 178 Å². The molecule has 1 saturated heterocycles. The lowest BCUT2D eigenvalue weighted by Gasteiger charge is -2.26. The summed E-state index contributed by atoms with van der Waals surface area (Å²) in [6.45, 7) is 4.30. The van der Waals surface area contributed by atoms with Gasteiger partial charge in [-0.1, -0.05) is 61.5 Å². The van der Waals surface area contributed by atoms with Crippen LogP contribution in [0.1, 0.15) is 30.3 Å². The van der Waals surface area contributed by atoms with Crippen LogP contribution in [0.3, 0.4) is 0 Å². The first-order valence-corrected chi connectivity index (χ1v) is 10.5. The van der Waals surface area contributed by atoms with E-state index in [-0.39, 0.29) is 5.91 Å². The number of hydrogen-bond donors (Lipinski definition) is 1. The molecule has 1 amide bonds. The molecule has 5 nitrogen and oxygen atoms in total. The molecule has 3 aromatic rings. The summed E-state index contributed by atoms with van der Waals surface area (Å²) in [5.74, 6) is 0.639. The van der Waals surface area contributed by atoms with E-state index in [1.807, 2.05) is 37.5 Å². The van der Waals surface area contributed by atoms with Crippen LogP contribution in [0.4, 0.5) is 0 Å². The molecule has 1 aliphatic rings. The van der Waals surface area contributed by atoms with E-state index >= 15 is 0 Å². The van der Waals surface area contributed by atoms with Gasteiger partial charge < -0.3 is 5.73 Å². The first-order valence-electron chi connectivity index (χ1n) is 10.5. The van der Waals surface area contributed by atoms with Gasteiger partial charge in [0.25, 0.3) is 0 Å². The Hall–Kier alpha value is -3.05. The first kappa shape index (κ1) is 20.2. The van der Waals surface area contributed by atoms with Crippen LogP contribution in [0.25, 0.3) is 11.1 Å². The highest BCUT2D eigenvalue weighted by Crippen LogP contribution is 2.35. The third-order valence-corrected chi connectivity index (χ3v) is 6.04. The fourth-order valence-electron chi connectivity index (χ4n) is 4.27. The van der Waals surface area contributed by atoms with Crippen molar-refractivity contribution in [2.45, 2.75) is 32.7 Å². The largest absolute Gasteiger partial charge is 0.369 e. The van der Waals surface area contributed by atoms with Gasteiger partial charge in [0.15, 0.2) is 0 Å². The van der Waals surface area contributed by atoms with Crippen LogP contribution >= 0.6 is 0 Å². The number of nitrogens with two attached hydrogens (primary N) is 1. The second kappa shape index (κ2) is 8.76. The summed E-state index contributed by atoms with van der Waals surface area (Å²) in [6.07, 6.45) is 6.05. The Morgan fingerprint density at radius 2 is 1.67 bits per heavy atom. The molecule has 30 heavy (non-hydrogen) atoms. The number of carbonyl (C=O) groups excluding carboxylic acids is 1. The molecule has 1 fully saturated rings. The molecule has 1 atom stereocenters. The zero-order valence-corrected chi connectivity index (χ0v) is 17.4. The molecule has 1 aromatic heterocycles. The Morgan fingerprint density at radius 3 is 2.30 bits per heavy atom. The first-order chi connectivity index (χ1) is 14.6. The minimum Gasteiger partial charge on any atom is -0.369 e. The molecule has 1 aliphatic heterocycles. The van der Waals surface area contributed by atoms with Gasteiger partial charge in [-0.3, -0.25) is 9.69 Å². The summed E-state index contributed by atoms with van der Waals surface area (Å²) in [7, 11) is 0. The van der Waals surface area contributed by atoms with Crippen LogP contribution in [0.5, 0.6) is 0 Å². The number of carbonyl (C=O) groups is 1. The second-order valence-electron chi connectivity index (χ2n) is 8.21. The van der Waals surface area contributed by atoms with Gasteiger partial charge in [-0.05, 0) is 36.1 Å². The molecule has 1 unspecified atom stereocenters. The molecule has 2 heterocycles. The molecule has 2 N–H and O–H groups in total. The molecule has 0 radical (unpaired) electrons. The minimum atomic E-state index is -0.529. The van der Waals surface area contributed by atoms with Gasteiger partial charge in [-0.2, -0.15) is 0 Å². The van der Waals surface area contributed by atoms with E-state index in [2.05, 4.69) is 51.3 Å². The van der Waals surface area contributed by atoms with E-state index in [4.69, 9.17) is 5.73 Å². The van der Waals surface area contributed by atoms with Crippen molar-refractivity contribution in [1.29, 1.82) is 0 Å². The standard InChI is InChI=1S/C25H28N4O/c1-2-23-27-15-20(16-28-23)17-29-13-12-25(18-29,24(26)30)14-19-8-10-22(11-9-19)21-6-4-3-5-7-21/h3-11,15-16H,2,12-14,17-18H2,1H3,(H2,26,30). The number of aromatic nitrogens is 2. The highest BCUT2D eigenvalue weighted by atomic mass is 16.1. The normalized spacial score (nSPS) is 19.1. The van der Waals surface area contributed by atoms with Crippen LogP contribution in [0.15, 0.2) is 67.0 Å². The van der Waals surface area contributed by atoms with Crippen molar-refractivity contribution >= 4 is 5.91 Å². The Kier molecular flexibility index (Phi) is 5.91. The summed E-state index contributed by atoms with van der Waals surface area (Å²) in [4.78, 5) is 23.5. The molecule has 5 heteroatoms. The van der Waals surface area contributed by atoms with Crippen molar-refractivity contribution < 1.29 is 4.79 Å². The average Bonchev–Trinajstić information content (AvgIpc) is 3.19. The molecular formula is C25H28N4O. The molecule has 154 valence electrons. The van der Waals surface area contributed by atoms with Crippen LogP contribution in [-0.4, -0.2) is 33.9 Å². The quantitative estimate of drug-likeness (QED) is 0.657. The van der Waals surface area contributed by atoms with E-state index in [0.717, 1.165) is 42.9 Å². The third kappa shape index (κ3) is 4.41. The summed E-state index contributed by atoms with van der Waals surface area (Å²) < 4.78 is 0. The average molecular weight is 401 g/mol. The summed E-state index contributed by atoms with van der Waals surface area (Å²) in [5, 5.41) is 0. The summed E-state index contributed by atoms with van der Waals surface area (Å²) >= 11 is 0.